The van der Waals surface area contributed by atoms with Crippen molar-refractivity contribution in [2.45, 2.75) is 50.7 Å². The predicted molar refractivity (Wildman–Crippen MR) is 94.8 cm³/mol. The van der Waals surface area contributed by atoms with Crippen molar-refractivity contribution in [1.29, 1.82) is 0 Å². The number of hydrogen-bond acceptors (Lipinski definition) is 5. The summed E-state index contributed by atoms with van der Waals surface area (Å²) in [5.74, 6) is 0. The summed E-state index contributed by atoms with van der Waals surface area (Å²) in [4.78, 5) is 11.1. The van der Waals surface area contributed by atoms with Crippen LogP contribution >= 0.6 is 0 Å². The van der Waals surface area contributed by atoms with Crippen LogP contribution in [-0.2, 0) is 22.6 Å². The van der Waals surface area contributed by atoms with Gasteiger partial charge in [0.05, 0.1) is 31.1 Å². The maximum atomic E-state index is 6.31. The fourth-order valence-corrected chi connectivity index (χ4v) is 3.90. The van der Waals surface area contributed by atoms with Gasteiger partial charge in [-0.05, 0) is 43.0 Å². The Morgan fingerprint density at radius 3 is 2.96 bits per heavy atom. The van der Waals surface area contributed by atoms with E-state index in [2.05, 4.69) is 27.0 Å². The van der Waals surface area contributed by atoms with Crippen molar-refractivity contribution >= 4 is 0 Å². The number of fused-ring (bicyclic) bond motifs is 1. The highest BCUT2D eigenvalue weighted by Crippen LogP contribution is 2.32. The van der Waals surface area contributed by atoms with Gasteiger partial charge in [-0.25, -0.2) is 0 Å². The van der Waals surface area contributed by atoms with Crippen molar-refractivity contribution in [3.63, 3.8) is 0 Å². The molecule has 0 radical (unpaired) electrons. The lowest BCUT2D eigenvalue weighted by atomic mass is 9.99. The normalized spacial score (nSPS) is 26.5. The van der Waals surface area contributed by atoms with Crippen LogP contribution in [0, 0.1) is 0 Å². The molecule has 5 heteroatoms. The average molecular weight is 339 g/mol. The summed E-state index contributed by atoms with van der Waals surface area (Å²) in [6, 6.07) is 10.6. The Balaban J connectivity index is 1.24. The second-order valence-corrected chi connectivity index (χ2v) is 6.90. The molecule has 2 aliphatic heterocycles. The topological polar surface area (TPSA) is 47.5 Å². The van der Waals surface area contributed by atoms with Gasteiger partial charge >= 0.3 is 0 Å². The van der Waals surface area contributed by atoms with Crippen molar-refractivity contribution in [3.8, 4) is 0 Å². The predicted octanol–water partition coefficient (Wildman–Crippen LogP) is 2.82. The van der Waals surface area contributed by atoms with E-state index in [4.69, 9.17) is 9.47 Å². The van der Waals surface area contributed by atoms with Gasteiger partial charge in [0.15, 0.2) is 0 Å². The molecule has 132 valence electrons. The molecule has 0 bridgehead atoms. The molecule has 2 aromatic heterocycles. The van der Waals surface area contributed by atoms with Crippen molar-refractivity contribution in [2.24, 2.45) is 0 Å². The Hall–Kier alpha value is -1.82. The second kappa shape index (κ2) is 8.04. The van der Waals surface area contributed by atoms with Gasteiger partial charge in [-0.15, -0.1) is 0 Å². The van der Waals surface area contributed by atoms with Gasteiger partial charge in [0.25, 0.3) is 0 Å². The van der Waals surface area contributed by atoms with Crippen LogP contribution in [0.3, 0.4) is 0 Å². The zero-order chi connectivity index (χ0) is 16.9. The smallest absolute Gasteiger partial charge is 0.0813 e. The van der Waals surface area contributed by atoms with E-state index >= 15 is 0 Å². The lowest BCUT2D eigenvalue weighted by Gasteiger charge is -2.35. The first-order chi connectivity index (χ1) is 12.4. The Bertz CT molecular complexity index is 653. The van der Waals surface area contributed by atoms with Crippen LogP contribution in [0.25, 0.3) is 0 Å². The van der Waals surface area contributed by atoms with E-state index in [-0.39, 0.29) is 6.10 Å². The van der Waals surface area contributed by atoms with E-state index in [1.165, 1.54) is 6.42 Å². The third kappa shape index (κ3) is 4.24. The molecule has 2 fully saturated rings. The quantitative estimate of drug-likeness (QED) is 0.810. The molecule has 0 amide bonds. The third-order valence-corrected chi connectivity index (χ3v) is 5.14. The molecule has 4 heterocycles. The molecule has 0 spiro atoms. The SMILES string of the molecule is c1ccc(CN2CC[C@H]3O[C@H](COCc4cccnc4)CC[C@H]32)nc1. The number of pyridine rings is 2. The number of likely N-dealkylation sites (tertiary alicyclic amines) is 1. The highest BCUT2D eigenvalue weighted by Gasteiger charge is 2.39. The van der Waals surface area contributed by atoms with E-state index in [0.29, 0.717) is 25.4 Å². The van der Waals surface area contributed by atoms with Crippen molar-refractivity contribution in [3.05, 3.63) is 60.2 Å². The van der Waals surface area contributed by atoms with E-state index in [1.54, 1.807) is 6.20 Å². The van der Waals surface area contributed by atoms with Crippen LogP contribution in [0.2, 0.25) is 0 Å². The monoisotopic (exact) mass is 339 g/mol. The number of aromatic nitrogens is 2. The summed E-state index contributed by atoms with van der Waals surface area (Å²) in [5.41, 5.74) is 2.25. The fraction of sp³-hybridized carbons (Fsp3) is 0.500. The maximum Gasteiger partial charge on any atom is 0.0813 e. The Labute approximate surface area is 149 Å². The molecule has 0 aromatic carbocycles. The van der Waals surface area contributed by atoms with Crippen LogP contribution in [0.1, 0.15) is 30.5 Å². The second-order valence-electron chi connectivity index (χ2n) is 6.90. The zero-order valence-corrected chi connectivity index (χ0v) is 14.5. The highest BCUT2D eigenvalue weighted by atomic mass is 16.5. The fourth-order valence-electron chi connectivity index (χ4n) is 3.90. The molecule has 0 unspecified atom stereocenters. The molecular weight excluding hydrogens is 314 g/mol. The molecule has 0 aliphatic carbocycles. The lowest BCUT2D eigenvalue weighted by molar-refractivity contribution is -0.102. The summed E-state index contributed by atoms with van der Waals surface area (Å²) < 4.78 is 12.2. The first kappa shape index (κ1) is 16.6. The summed E-state index contributed by atoms with van der Waals surface area (Å²) in [7, 11) is 0. The van der Waals surface area contributed by atoms with Gasteiger partial charge in [-0.1, -0.05) is 12.1 Å². The van der Waals surface area contributed by atoms with Gasteiger partial charge in [0, 0.05) is 37.7 Å². The molecule has 2 saturated heterocycles. The van der Waals surface area contributed by atoms with Gasteiger partial charge in [-0.3, -0.25) is 14.9 Å². The molecule has 5 nitrogen and oxygen atoms in total. The lowest BCUT2D eigenvalue weighted by Crippen LogP contribution is -2.43. The number of rotatable bonds is 6. The van der Waals surface area contributed by atoms with E-state index in [0.717, 1.165) is 37.2 Å². The average Bonchev–Trinajstić information content (AvgIpc) is 3.06. The first-order valence-corrected chi connectivity index (χ1v) is 9.14. The van der Waals surface area contributed by atoms with E-state index in [9.17, 15) is 0 Å². The maximum absolute atomic E-state index is 6.31. The molecule has 2 aromatic rings. The van der Waals surface area contributed by atoms with Crippen LogP contribution in [-0.4, -0.2) is 46.3 Å². The van der Waals surface area contributed by atoms with Crippen molar-refractivity contribution < 1.29 is 9.47 Å². The van der Waals surface area contributed by atoms with Crippen LogP contribution in [0.15, 0.2) is 48.9 Å². The van der Waals surface area contributed by atoms with E-state index < -0.39 is 0 Å². The molecule has 25 heavy (non-hydrogen) atoms. The summed E-state index contributed by atoms with van der Waals surface area (Å²) >= 11 is 0. The highest BCUT2D eigenvalue weighted by molar-refractivity contribution is 5.07. The minimum atomic E-state index is 0.215. The number of nitrogens with zero attached hydrogens (tertiary/aromatic N) is 3. The van der Waals surface area contributed by atoms with Gasteiger partial charge in [0.2, 0.25) is 0 Å². The third-order valence-electron chi connectivity index (χ3n) is 5.14. The minimum absolute atomic E-state index is 0.215. The molecular formula is C20H25N3O2. The van der Waals surface area contributed by atoms with Crippen LogP contribution in [0.5, 0.6) is 0 Å². The van der Waals surface area contributed by atoms with Crippen LogP contribution < -0.4 is 0 Å². The van der Waals surface area contributed by atoms with E-state index in [1.807, 2.05) is 30.6 Å². The van der Waals surface area contributed by atoms with Crippen molar-refractivity contribution in [1.82, 2.24) is 14.9 Å². The molecule has 3 atom stereocenters. The molecule has 0 N–H and O–H groups in total. The molecule has 2 aliphatic rings. The zero-order valence-electron chi connectivity index (χ0n) is 14.5. The molecule has 4 rings (SSSR count). The van der Waals surface area contributed by atoms with Gasteiger partial charge in [-0.2, -0.15) is 0 Å². The summed E-state index contributed by atoms with van der Waals surface area (Å²) in [6.07, 6.45) is 9.41. The standard InChI is InChI=1S/C20H25N3O2/c1-2-10-22-17(5-1)13-23-11-8-20-19(23)7-6-18(25-20)15-24-14-16-4-3-9-21-12-16/h1-5,9-10,12,18-20H,6-8,11,13-15H2/t18-,19+,20+/m0/s1. The Morgan fingerprint density at radius 1 is 1.12 bits per heavy atom. The van der Waals surface area contributed by atoms with Gasteiger partial charge in [0.1, 0.15) is 0 Å². The number of ether oxygens (including phenoxy) is 2. The van der Waals surface area contributed by atoms with Crippen LogP contribution in [0.4, 0.5) is 0 Å². The van der Waals surface area contributed by atoms with Gasteiger partial charge < -0.3 is 9.47 Å². The summed E-state index contributed by atoms with van der Waals surface area (Å²) in [5, 5.41) is 0. The Kier molecular flexibility index (Phi) is 5.35. The first-order valence-electron chi connectivity index (χ1n) is 9.14. The largest absolute Gasteiger partial charge is 0.374 e. The minimum Gasteiger partial charge on any atom is -0.374 e. The Morgan fingerprint density at radius 2 is 2.12 bits per heavy atom. The summed E-state index contributed by atoms with van der Waals surface area (Å²) in [6.45, 7) is 3.29. The number of hydrogen-bond donors (Lipinski definition) is 0. The molecule has 0 saturated carbocycles. The van der Waals surface area contributed by atoms with Crippen molar-refractivity contribution in [2.75, 3.05) is 13.2 Å².